The molecule has 0 bridgehead atoms. The first-order chi connectivity index (χ1) is 8.70. The molecule has 0 fully saturated rings. The van der Waals surface area contributed by atoms with E-state index < -0.39 is 0 Å². The Hall–Kier alpha value is -1.55. The van der Waals surface area contributed by atoms with Crippen LogP contribution in [0.1, 0.15) is 23.0 Å². The van der Waals surface area contributed by atoms with Gasteiger partial charge in [-0.3, -0.25) is 0 Å². The van der Waals surface area contributed by atoms with E-state index in [0.717, 1.165) is 10.0 Å². The molecule has 1 heterocycles. The Morgan fingerprint density at radius 3 is 2.67 bits per heavy atom. The second-order valence-corrected chi connectivity index (χ2v) is 4.78. The van der Waals surface area contributed by atoms with E-state index in [1.165, 1.54) is 0 Å². The summed E-state index contributed by atoms with van der Waals surface area (Å²) in [6.45, 7) is 2.86. The number of nitrogens with zero attached hydrogens (tertiary/aromatic N) is 1. The van der Waals surface area contributed by atoms with Crippen molar-refractivity contribution in [1.82, 2.24) is 4.57 Å². The standard InChI is InChI=1S/C14H14BrNO2/c1-2-18-14(17)13-4-3-9-16(13)10-11-5-7-12(15)8-6-11/h3-9H,2,10H2,1H3. The van der Waals surface area contributed by atoms with Gasteiger partial charge in [0.25, 0.3) is 0 Å². The highest BCUT2D eigenvalue weighted by Crippen LogP contribution is 2.13. The number of carbonyl (C=O) groups is 1. The molecule has 0 unspecified atom stereocenters. The molecule has 4 heteroatoms. The normalized spacial score (nSPS) is 10.3. The second kappa shape index (κ2) is 5.87. The van der Waals surface area contributed by atoms with Gasteiger partial charge in [0.2, 0.25) is 0 Å². The topological polar surface area (TPSA) is 31.2 Å². The van der Waals surface area contributed by atoms with Gasteiger partial charge < -0.3 is 9.30 Å². The van der Waals surface area contributed by atoms with Gasteiger partial charge in [-0.2, -0.15) is 0 Å². The number of aromatic nitrogens is 1. The summed E-state index contributed by atoms with van der Waals surface area (Å²) in [5.74, 6) is -0.278. The molecule has 0 aliphatic rings. The van der Waals surface area contributed by atoms with Crippen molar-refractivity contribution in [2.75, 3.05) is 6.61 Å². The number of benzene rings is 1. The molecule has 3 nitrogen and oxygen atoms in total. The number of rotatable bonds is 4. The van der Waals surface area contributed by atoms with E-state index in [-0.39, 0.29) is 5.97 Å². The second-order valence-electron chi connectivity index (χ2n) is 3.87. The summed E-state index contributed by atoms with van der Waals surface area (Å²) in [7, 11) is 0. The van der Waals surface area contributed by atoms with E-state index in [2.05, 4.69) is 15.9 Å². The molecule has 1 aromatic carbocycles. The molecule has 0 atom stereocenters. The van der Waals surface area contributed by atoms with Crippen LogP contribution in [-0.2, 0) is 11.3 Å². The van der Waals surface area contributed by atoms with Crippen LogP contribution in [0.15, 0.2) is 47.1 Å². The third-order valence-electron chi connectivity index (χ3n) is 2.58. The van der Waals surface area contributed by atoms with Crippen LogP contribution in [0.4, 0.5) is 0 Å². The summed E-state index contributed by atoms with van der Waals surface area (Å²) in [4.78, 5) is 11.7. The summed E-state index contributed by atoms with van der Waals surface area (Å²) >= 11 is 3.40. The Morgan fingerprint density at radius 1 is 1.28 bits per heavy atom. The van der Waals surface area contributed by atoms with Gasteiger partial charge in [-0.15, -0.1) is 0 Å². The van der Waals surface area contributed by atoms with Crippen LogP contribution in [0, 0.1) is 0 Å². The maximum atomic E-state index is 11.7. The molecule has 0 N–H and O–H groups in total. The van der Waals surface area contributed by atoms with Crippen molar-refractivity contribution in [3.05, 3.63) is 58.3 Å². The molecule has 2 rings (SSSR count). The van der Waals surface area contributed by atoms with Crippen LogP contribution in [-0.4, -0.2) is 17.1 Å². The summed E-state index contributed by atoms with van der Waals surface area (Å²) in [5.41, 5.74) is 1.72. The van der Waals surface area contributed by atoms with Crippen molar-refractivity contribution in [2.45, 2.75) is 13.5 Å². The fourth-order valence-corrected chi connectivity index (χ4v) is 1.99. The fourth-order valence-electron chi connectivity index (χ4n) is 1.73. The molecule has 0 amide bonds. The number of halogens is 1. The summed E-state index contributed by atoms with van der Waals surface area (Å²) in [6, 6.07) is 11.7. The van der Waals surface area contributed by atoms with E-state index in [1.807, 2.05) is 41.1 Å². The molecule has 0 aliphatic carbocycles. The van der Waals surface area contributed by atoms with Crippen molar-refractivity contribution in [1.29, 1.82) is 0 Å². The lowest BCUT2D eigenvalue weighted by Crippen LogP contribution is -2.12. The van der Waals surface area contributed by atoms with Crippen LogP contribution >= 0.6 is 15.9 Å². The first-order valence-electron chi connectivity index (χ1n) is 5.77. The van der Waals surface area contributed by atoms with Crippen LogP contribution < -0.4 is 0 Å². The van der Waals surface area contributed by atoms with Crippen molar-refractivity contribution < 1.29 is 9.53 Å². The molecule has 0 aliphatic heterocycles. The van der Waals surface area contributed by atoms with Gasteiger partial charge in [-0.1, -0.05) is 28.1 Å². The first-order valence-corrected chi connectivity index (χ1v) is 6.56. The van der Waals surface area contributed by atoms with E-state index in [4.69, 9.17) is 4.74 Å². The predicted octanol–water partition coefficient (Wildman–Crippen LogP) is 3.48. The highest BCUT2D eigenvalue weighted by atomic mass is 79.9. The Bertz CT molecular complexity index is 531. The van der Waals surface area contributed by atoms with Gasteiger partial charge in [-0.05, 0) is 36.8 Å². The van der Waals surface area contributed by atoms with E-state index in [0.29, 0.717) is 18.8 Å². The van der Waals surface area contributed by atoms with Crippen LogP contribution in [0.2, 0.25) is 0 Å². The number of ether oxygens (including phenoxy) is 1. The van der Waals surface area contributed by atoms with Crippen molar-refractivity contribution >= 4 is 21.9 Å². The lowest BCUT2D eigenvalue weighted by atomic mass is 10.2. The highest BCUT2D eigenvalue weighted by molar-refractivity contribution is 9.10. The number of esters is 1. The molecule has 0 saturated heterocycles. The van der Waals surface area contributed by atoms with Crippen LogP contribution in [0.5, 0.6) is 0 Å². The van der Waals surface area contributed by atoms with Crippen LogP contribution in [0.3, 0.4) is 0 Å². The first kappa shape index (κ1) is 12.9. The number of hydrogen-bond donors (Lipinski definition) is 0. The molecule has 1 aromatic heterocycles. The van der Waals surface area contributed by atoms with Crippen LogP contribution in [0.25, 0.3) is 0 Å². The summed E-state index contributed by atoms with van der Waals surface area (Å²) in [6.07, 6.45) is 1.88. The average molecular weight is 308 g/mol. The van der Waals surface area contributed by atoms with Gasteiger partial charge >= 0.3 is 5.97 Å². The van der Waals surface area contributed by atoms with Crippen molar-refractivity contribution in [3.8, 4) is 0 Å². The van der Waals surface area contributed by atoms with Crippen molar-refractivity contribution in [3.63, 3.8) is 0 Å². The third-order valence-corrected chi connectivity index (χ3v) is 3.11. The van der Waals surface area contributed by atoms with E-state index >= 15 is 0 Å². The Labute approximate surface area is 115 Å². The molecule has 94 valence electrons. The number of hydrogen-bond acceptors (Lipinski definition) is 2. The highest BCUT2D eigenvalue weighted by Gasteiger charge is 2.11. The quantitative estimate of drug-likeness (QED) is 0.810. The maximum absolute atomic E-state index is 11.7. The lowest BCUT2D eigenvalue weighted by Gasteiger charge is -2.08. The predicted molar refractivity (Wildman–Crippen MR) is 73.6 cm³/mol. The summed E-state index contributed by atoms with van der Waals surface area (Å²) in [5, 5.41) is 0. The Kier molecular flexibility index (Phi) is 4.20. The molecule has 0 radical (unpaired) electrons. The van der Waals surface area contributed by atoms with Gasteiger partial charge in [0.1, 0.15) is 5.69 Å². The number of carbonyl (C=O) groups excluding carboxylic acids is 1. The van der Waals surface area contributed by atoms with E-state index in [9.17, 15) is 4.79 Å². The minimum Gasteiger partial charge on any atom is -0.461 e. The minimum absolute atomic E-state index is 0.278. The molecule has 0 saturated carbocycles. The molecule has 2 aromatic rings. The van der Waals surface area contributed by atoms with Gasteiger partial charge in [0.15, 0.2) is 0 Å². The SMILES string of the molecule is CCOC(=O)c1cccn1Cc1ccc(Br)cc1. The van der Waals surface area contributed by atoms with Gasteiger partial charge in [0, 0.05) is 17.2 Å². The van der Waals surface area contributed by atoms with E-state index in [1.54, 1.807) is 13.0 Å². The minimum atomic E-state index is -0.278. The molecule has 0 spiro atoms. The van der Waals surface area contributed by atoms with Gasteiger partial charge in [0.05, 0.1) is 6.61 Å². The lowest BCUT2D eigenvalue weighted by molar-refractivity contribution is 0.0514. The van der Waals surface area contributed by atoms with Crippen molar-refractivity contribution in [2.24, 2.45) is 0 Å². The largest absolute Gasteiger partial charge is 0.461 e. The summed E-state index contributed by atoms with van der Waals surface area (Å²) < 4.78 is 7.95. The molecular formula is C14H14BrNO2. The zero-order valence-corrected chi connectivity index (χ0v) is 11.7. The smallest absolute Gasteiger partial charge is 0.354 e. The monoisotopic (exact) mass is 307 g/mol. The average Bonchev–Trinajstić information content (AvgIpc) is 2.81. The third kappa shape index (κ3) is 3.01. The Morgan fingerprint density at radius 2 is 2.00 bits per heavy atom. The fraction of sp³-hybridized carbons (Fsp3) is 0.214. The maximum Gasteiger partial charge on any atom is 0.354 e. The molecular weight excluding hydrogens is 294 g/mol. The van der Waals surface area contributed by atoms with Gasteiger partial charge in [-0.25, -0.2) is 4.79 Å². The Balaban J connectivity index is 2.17. The molecule has 18 heavy (non-hydrogen) atoms. The zero-order chi connectivity index (χ0) is 13.0. The zero-order valence-electron chi connectivity index (χ0n) is 10.1.